The van der Waals surface area contributed by atoms with E-state index in [9.17, 15) is 4.79 Å². The highest BCUT2D eigenvalue weighted by Crippen LogP contribution is 2.34. The maximum atomic E-state index is 12.0. The first-order valence-corrected chi connectivity index (χ1v) is 6.78. The monoisotopic (exact) mass is 236 g/mol. The number of hydrogen-bond acceptors (Lipinski definition) is 2. The molecule has 1 heterocycles. The summed E-state index contributed by atoms with van der Waals surface area (Å²) in [6.45, 7) is 6.85. The zero-order valence-electron chi connectivity index (χ0n) is 11.1. The third-order valence-electron chi connectivity index (χ3n) is 4.28. The zero-order valence-corrected chi connectivity index (χ0v) is 11.1. The van der Waals surface area contributed by atoms with Gasteiger partial charge < -0.3 is 10.6 Å². The van der Waals surface area contributed by atoms with Crippen LogP contribution in [0.25, 0.3) is 0 Å². The molecule has 0 spiro atoms. The Morgan fingerprint density at radius 1 is 1.29 bits per heavy atom. The molecule has 2 N–H and O–H groups in total. The number of carbonyl (C=O) groups is 1. The second-order valence-corrected chi connectivity index (χ2v) is 5.89. The van der Waals surface area contributed by atoms with Crippen LogP contribution in [0.3, 0.4) is 0 Å². The van der Waals surface area contributed by atoms with Crippen molar-refractivity contribution in [1.82, 2.24) is 10.6 Å². The lowest BCUT2D eigenvalue weighted by molar-refractivity contribution is -0.118. The van der Waals surface area contributed by atoms with Crippen LogP contribution in [-0.4, -0.2) is 25.5 Å². The van der Waals surface area contributed by atoms with Crippen LogP contribution in [0.1, 0.15) is 46.0 Å². The van der Waals surface area contributed by atoms with Crippen LogP contribution in [0.15, 0.2) is 11.1 Å². The lowest BCUT2D eigenvalue weighted by Crippen LogP contribution is -2.40. The minimum absolute atomic E-state index is 0.133. The predicted octanol–water partition coefficient (Wildman–Crippen LogP) is 1.99. The molecular formula is C14H24N2O. The van der Waals surface area contributed by atoms with Crippen LogP contribution < -0.4 is 10.6 Å². The van der Waals surface area contributed by atoms with Crippen molar-refractivity contribution < 1.29 is 4.79 Å². The second-order valence-electron chi connectivity index (χ2n) is 5.89. The zero-order chi connectivity index (χ0) is 12.3. The molecule has 0 atom stereocenters. The summed E-state index contributed by atoms with van der Waals surface area (Å²) in [5.74, 6) is 0.133. The first-order valence-electron chi connectivity index (χ1n) is 6.78. The Hall–Kier alpha value is -0.830. The summed E-state index contributed by atoms with van der Waals surface area (Å²) in [7, 11) is 0. The lowest BCUT2D eigenvalue weighted by Gasteiger charge is -2.34. The van der Waals surface area contributed by atoms with Gasteiger partial charge >= 0.3 is 0 Å². The summed E-state index contributed by atoms with van der Waals surface area (Å²) in [6, 6.07) is 0. The van der Waals surface area contributed by atoms with Gasteiger partial charge in [-0.15, -0.1) is 0 Å². The van der Waals surface area contributed by atoms with E-state index in [0.717, 1.165) is 25.2 Å². The molecule has 1 saturated heterocycles. The number of rotatable bonds is 3. The molecule has 2 fully saturated rings. The smallest absolute Gasteiger partial charge is 0.246 e. The number of carbonyl (C=O) groups excluding carboxylic acids is 1. The van der Waals surface area contributed by atoms with Gasteiger partial charge in [0.2, 0.25) is 5.91 Å². The van der Waals surface area contributed by atoms with Crippen LogP contribution in [0.2, 0.25) is 0 Å². The first-order chi connectivity index (χ1) is 8.11. The maximum Gasteiger partial charge on any atom is 0.246 e. The molecule has 0 radical (unpaired) electrons. The molecule has 1 aliphatic heterocycles. The van der Waals surface area contributed by atoms with Gasteiger partial charge in [-0.25, -0.2) is 0 Å². The molecule has 0 unspecified atom stereocenters. The predicted molar refractivity (Wildman–Crippen MR) is 69.8 cm³/mol. The third-order valence-corrected chi connectivity index (χ3v) is 4.28. The molecule has 3 heteroatoms. The van der Waals surface area contributed by atoms with Gasteiger partial charge in [-0.3, -0.25) is 4.79 Å². The molecule has 0 aromatic heterocycles. The molecule has 0 bridgehead atoms. The first kappa shape index (κ1) is 12.6. The van der Waals surface area contributed by atoms with E-state index in [2.05, 4.69) is 17.6 Å². The second kappa shape index (κ2) is 5.21. The highest BCUT2D eigenvalue weighted by atomic mass is 16.1. The molecule has 1 saturated carbocycles. The summed E-state index contributed by atoms with van der Waals surface area (Å²) in [5.41, 5.74) is 2.51. The summed E-state index contributed by atoms with van der Waals surface area (Å²) in [6.07, 6.45) is 6.50. The van der Waals surface area contributed by atoms with Crippen LogP contribution in [0.5, 0.6) is 0 Å². The van der Waals surface area contributed by atoms with Crippen molar-refractivity contribution in [2.75, 3.05) is 19.6 Å². The Morgan fingerprint density at radius 2 is 1.94 bits per heavy atom. The summed E-state index contributed by atoms with van der Waals surface area (Å²) < 4.78 is 0. The molecule has 2 aliphatic rings. The molecule has 2 rings (SSSR count). The van der Waals surface area contributed by atoms with Crippen LogP contribution >= 0.6 is 0 Å². The van der Waals surface area contributed by atoms with E-state index in [1.54, 1.807) is 0 Å². The number of amides is 1. The average molecular weight is 236 g/mol. The highest BCUT2D eigenvalue weighted by Gasteiger charge is 2.27. The van der Waals surface area contributed by atoms with Crippen molar-refractivity contribution in [3.8, 4) is 0 Å². The van der Waals surface area contributed by atoms with Crippen molar-refractivity contribution in [2.24, 2.45) is 5.41 Å². The van der Waals surface area contributed by atoms with E-state index in [1.165, 1.54) is 37.7 Å². The Morgan fingerprint density at radius 3 is 2.47 bits per heavy atom. The van der Waals surface area contributed by atoms with Crippen molar-refractivity contribution in [1.29, 1.82) is 0 Å². The minimum atomic E-state index is 0.133. The van der Waals surface area contributed by atoms with E-state index >= 15 is 0 Å². The van der Waals surface area contributed by atoms with Crippen molar-refractivity contribution in [3.63, 3.8) is 0 Å². The van der Waals surface area contributed by atoms with E-state index in [4.69, 9.17) is 0 Å². The molecule has 17 heavy (non-hydrogen) atoms. The number of nitrogens with one attached hydrogen (secondary N) is 2. The van der Waals surface area contributed by atoms with Gasteiger partial charge in [-0.1, -0.05) is 26.2 Å². The fraction of sp³-hybridized carbons (Fsp3) is 0.786. The molecule has 0 aromatic rings. The van der Waals surface area contributed by atoms with Crippen LogP contribution in [0, 0.1) is 5.41 Å². The largest absolute Gasteiger partial charge is 0.352 e. The summed E-state index contributed by atoms with van der Waals surface area (Å²) in [5, 5.41) is 6.29. The maximum absolute atomic E-state index is 12.0. The van der Waals surface area contributed by atoms with Crippen LogP contribution in [-0.2, 0) is 4.79 Å². The molecule has 96 valence electrons. The van der Waals surface area contributed by atoms with E-state index < -0.39 is 0 Å². The molecule has 0 aromatic carbocycles. The van der Waals surface area contributed by atoms with E-state index in [1.807, 2.05) is 6.92 Å². The quantitative estimate of drug-likeness (QED) is 0.736. The summed E-state index contributed by atoms with van der Waals surface area (Å²) in [4.78, 5) is 12.0. The van der Waals surface area contributed by atoms with Crippen molar-refractivity contribution >= 4 is 5.91 Å². The molecule has 1 amide bonds. The molecule has 1 aliphatic carbocycles. The molecular weight excluding hydrogens is 212 g/mol. The third kappa shape index (κ3) is 3.09. The number of hydrogen-bond donors (Lipinski definition) is 2. The fourth-order valence-corrected chi connectivity index (χ4v) is 2.68. The Balaban J connectivity index is 1.83. The SMILES string of the molecule is CC(C(=O)NCC1(C)CCCCC1)=C1CNC1. The van der Waals surface area contributed by atoms with E-state index in [0.29, 0.717) is 5.41 Å². The minimum Gasteiger partial charge on any atom is -0.352 e. The van der Waals surface area contributed by atoms with Gasteiger partial charge in [0.05, 0.1) is 0 Å². The van der Waals surface area contributed by atoms with Gasteiger partial charge in [0, 0.05) is 25.2 Å². The normalized spacial score (nSPS) is 22.8. The Labute approximate surface area is 104 Å². The standard InChI is InChI=1S/C14H24N2O/c1-11(12-8-15-9-12)13(17)16-10-14(2)6-4-3-5-7-14/h15H,3-10H2,1-2H3,(H,16,17). The topological polar surface area (TPSA) is 41.1 Å². The van der Waals surface area contributed by atoms with Crippen molar-refractivity contribution in [3.05, 3.63) is 11.1 Å². The highest BCUT2D eigenvalue weighted by molar-refractivity contribution is 5.93. The fourth-order valence-electron chi connectivity index (χ4n) is 2.68. The van der Waals surface area contributed by atoms with Crippen LogP contribution in [0.4, 0.5) is 0 Å². The Bertz CT molecular complexity index is 321. The van der Waals surface area contributed by atoms with Gasteiger partial charge in [0.1, 0.15) is 0 Å². The van der Waals surface area contributed by atoms with E-state index in [-0.39, 0.29) is 5.91 Å². The molecule has 3 nitrogen and oxygen atoms in total. The lowest BCUT2D eigenvalue weighted by atomic mass is 9.75. The van der Waals surface area contributed by atoms with Gasteiger partial charge in [0.15, 0.2) is 0 Å². The summed E-state index contributed by atoms with van der Waals surface area (Å²) >= 11 is 0. The average Bonchev–Trinajstić information content (AvgIpc) is 2.24. The Kier molecular flexibility index (Phi) is 3.87. The van der Waals surface area contributed by atoms with Gasteiger partial charge in [0.25, 0.3) is 0 Å². The van der Waals surface area contributed by atoms with Gasteiger partial charge in [-0.2, -0.15) is 0 Å². The van der Waals surface area contributed by atoms with Gasteiger partial charge in [-0.05, 0) is 30.8 Å². The van der Waals surface area contributed by atoms with Crippen molar-refractivity contribution in [2.45, 2.75) is 46.0 Å².